The summed E-state index contributed by atoms with van der Waals surface area (Å²) in [6.45, 7) is 0.352. The van der Waals surface area contributed by atoms with E-state index in [1.165, 1.54) is 39.3 Å². The molecule has 7 nitrogen and oxygen atoms in total. The van der Waals surface area contributed by atoms with Gasteiger partial charge in [-0.2, -0.15) is 4.52 Å². The van der Waals surface area contributed by atoms with Crippen molar-refractivity contribution in [3.63, 3.8) is 0 Å². The minimum absolute atomic E-state index is 0.0757. The lowest BCUT2D eigenvalue weighted by molar-refractivity contribution is 0.591. The van der Waals surface area contributed by atoms with Crippen LogP contribution in [0.5, 0.6) is 0 Å². The molecule has 11 heteroatoms. The smallest absolute Gasteiger partial charge is 0.229 e. The Morgan fingerprint density at radius 2 is 1.83 bits per heavy atom. The molecule has 1 aromatic carbocycles. The molecule has 0 aliphatic heterocycles. The van der Waals surface area contributed by atoms with E-state index >= 15 is 0 Å². The minimum Gasteiger partial charge on any atom is -0.326 e. The summed E-state index contributed by atoms with van der Waals surface area (Å²) in [6.07, 6.45) is 0. The number of hydrogen-bond acceptors (Lipinski definition) is 8. The van der Waals surface area contributed by atoms with Crippen LogP contribution in [0.3, 0.4) is 0 Å². The molecule has 5 aromatic rings. The van der Waals surface area contributed by atoms with Gasteiger partial charge in [0.1, 0.15) is 5.82 Å². The molecule has 5 rings (SSSR count). The Hall–Kier alpha value is -2.73. The van der Waals surface area contributed by atoms with Gasteiger partial charge in [-0.1, -0.05) is 5.21 Å². The average Bonchev–Trinajstić information content (AvgIpc) is 3.45. The second-order valence-electron chi connectivity index (χ2n) is 6.14. The zero-order valence-electron chi connectivity index (χ0n) is 14.6. The molecule has 0 spiro atoms. The number of hydrogen-bond donors (Lipinski definition) is 1. The minimum atomic E-state index is -4.03. The molecule has 0 fully saturated rings. The van der Waals surface area contributed by atoms with Gasteiger partial charge in [0.25, 0.3) is 0 Å². The molecule has 29 heavy (non-hydrogen) atoms. The van der Waals surface area contributed by atoms with Crippen molar-refractivity contribution in [2.75, 3.05) is 0 Å². The van der Waals surface area contributed by atoms with Crippen LogP contribution in [-0.2, 0) is 16.4 Å². The van der Waals surface area contributed by atoms with E-state index < -0.39 is 15.7 Å². The van der Waals surface area contributed by atoms with Crippen molar-refractivity contribution in [2.45, 2.75) is 16.5 Å². The quantitative estimate of drug-likeness (QED) is 0.425. The predicted octanol–water partition coefficient (Wildman–Crippen LogP) is 3.50. The van der Waals surface area contributed by atoms with E-state index in [2.05, 4.69) is 15.3 Å². The number of nitrogens with two attached hydrogens (primary N) is 1. The second-order valence-corrected chi connectivity index (χ2v) is 9.93. The van der Waals surface area contributed by atoms with Crippen LogP contribution in [0.15, 0.2) is 57.1 Å². The van der Waals surface area contributed by atoms with Crippen molar-refractivity contribution in [3.05, 3.63) is 57.9 Å². The average molecular weight is 446 g/mol. The number of benzene rings is 1. The van der Waals surface area contributed by atoms with Crippen molar-refractivity contribution < 1.29 is 12.8 Å². The van der Waals surface area contributed by atoms with Crippen molar-refractivity contribution in [2.24, 2.45) is 5.73 Å². The lowest BCUT2D eigenvalue weighted by atomic mass is 10.1. The number of fused-ring (bicyclic) bond motifs is 3. The maximum Gasteiger partial charge on any atom is 0.229 e. The van der Waals surface area contributed by atoms with Gasteiger partial charge in [-0.15, -0.1) is 27.8 Å². The summed E-state index contributed by atoms with van der Waals surface area (Å²) in [5.74, 6) is -0.524. The van der Waals surface area contributed by atoms with Crippen LogP contribution in [0.4, 0.5) is 4.39 Å². The first-order valence-electron chi connectivity index (χ1n) is 8.41. The molecule has 0 unspecified atom stereocenters. The van der Waals surface area contributed by atoms with Crippen LogP contribution in [0.2, 0.25) is 0 Å². The molecule has 4 aromatic heterocycles. The van der Waals surface area contributed by atoms with Crippen LogP contribution < -0.4 is 5.73 Å². The summed E-state index contributed by atoms with van der Waals surface area (Å²) < 4.78 is 41.8. The van der Waals surface area contributed by atoms with Gasteiger partial charge < -0.3 is 5.73 Å². The summed E-state index contributed by atoms with van der Waals surface area (Å²) in [7, 11) is -4.03. The van der Waals surface area contributed by atoms with E-state index in [4.69, 9.17) is 5.73 Å². The zero-order chi connectivity index (χ0) is 20.2. The summed E-state index contributed by atoms with van der Waals surface area (Å²) in [5.41, 5.74) is 8.18. The molecule has 0 bridgehead atoms. The fourth-order valence-electron chi connectivity index (χ4n) is 3.12. The Labute approximate surface area is 172 Å². The van der Waals surface area contributed by atoms with Crippen LogP contribution in [0.1, 0.15) is 4.88 Å². The van der Waals surface area contributed by atoms with Gasteiger partial charge in [0.05, 0.1) is 20.8 Å². The van der Waals surface area contributed by atoms with Gasteiger partial charge in [-0.25, -0.2) is 17.8 Å². The Bertz CT molecular complexity index is 1470. The highest BCUT2D eigenvalue weighted by atomic mass is 32.2. The first-order valence-corrected chi connectivity index (χ1v) is 11.6. The van der Waals surface area contributed by atoms with Gasteiger partial charge in [0.15, 0.2) is 5.65 Å². The van der Waals surface area contributed by atoms with Gasteiger partial charge in [-0.05, 0) is 47.2 Å². The summed E-state index contributed by atoms with van der Waals surface area (Å²) in [5, 5.41) is 11.5. The molecule has 4 heterocycles. The zero-order valence-corrected chi connectivity index (χ0v) is 17.1. The Kier molecular flexibility index (Phi) is 4.21. The molecule has 0 radical (unpaired) electrons. The molecule has 0 aliphatic carbocycles. The molecule has 2 N–H and O–H groups in total. The highest BCUT2D eigenvalue weighted by Crippen LogP contribution is 2.36. The van der Waals surface area contributed by atoms with E-state index in [0.717, 1.165) is 27.3 Å². The fraction of sp³-hybridized carbons (Fsp3) is 0.0556. The van der Waals surface area contributed by atoms with Gasteiger partial charge in [0.2, 0.25) is 14.9 Å². The third kappa shape index (κ3) is 2.77. The van der Waals surface area contributed by atoms with Gasteiger partial charge in [0, 0.05) is 17.0 Å². The van der Waals surface area contributed by atoms with E-state index in [1.54, 1.807) is 0 Å². The van der Waals surface area contributed by atoms with Crippen molar-refractivity contribution in [1.29, 1.82) is 0 Å². The van der Waals surface area contributed by atoms with Crippen LogP contribution in [0, 0.1) is 5.82 Å². The summed E-state index contributed by atoms with van der Waals surface area (Å²) in [4.78, 5) is 5.52. The van der Waals surface area contributed by atoms with Gasteiger partial charge in [-0.3, -0.25) is 0 Å². The van der Waals surface area contributed by atoms with Gasteiger partial charge >= 0.3 is 0 Å². The van der Waals surface area contributed by atoms with E-state index in [-0.39, 0.29) is 15.6 Å². The molecule has 0 saturated heterocycles. The number of rotatable bonds is 4. The second kappa shape index (κ2) is 6.66. The standard InChI is InChI=1S/C18H12FN5O2S3/c19-10-1-3-11(4-2-10)29(25,26)18-17-21-15(12-5-7-27-14(12)9-20)16-13(6-8-28-16)24(17)23-22-18/h1-8H,9,20H2. The molecule has 0 amide bonds. The van der Waals surface area contributed by atoms with Crippen LogP contribution in [-0.4, -0.2) is 28.2 Å². The lowest BCUT2D eigenvalue weighted by Gasteiger charge is -2.06. The topological polar surface area (TPSA) is 103 Å². The van der Waals surface area contributed by atoms with Crippen LogP contribution in [0.25, 0.3) is 27.1 Å². The number of halogens is 1. The molecule has 0 saturated carbocycles. The maximum atomic E-state index is 13.2. The van der Waals surface area contributed by atoms with Crippen LogP contribution >= 0.6 is 22.7 Å². The SMILES string of the molecule is NCc1sccc1-c1nc2c(S(=O)(=O)c3ccc(F)cc3)nnn2c2ccsc12. The number of sulfone groups is 1. The Morgan fingerprint density at radius 3 is 2.59 bits per heavy atom. The third-order valence-corrected chi connectivity index (χ3v) is 8.01. The van der Waals surface area contributed by atoms with E-state index in [1.807, 2.05) is 22.9 Å². The van der Waals surface area contributed by atoms with Crippen molar-refractivity contribution >= 4 is 48.4 Å². The summed E-state index contributed by atoms with van der Waals surface area (Å²) in [6, 6.07) is 8.34. The Balaban J connectivity index is 1.82. The molecule has 0 aliphatic rings. The number of nitrogens with zero attached hydrogens (tertiary/aromatic N) is 4. The summed E-state index contributed by atoms with van der Waals surface area (Å²) >= 11 is 3.00. The first-order chi connectivity index (χ1) is 14.0. The monoisotopic (exact) mass is 445 g/mol. The van der Waals surface area contributed by atoms with E-state index in [0.29, 0.717) is 17.8 Å². The normalized spacial score (nSPS) is 12.2. The highest BCUT2D eigenvalue weighted by Gasteiger charge is 2.28. The third-order valence-electron chi connectivity index (χ3n) is 4.49. The molecule has 146 valence electrons. The largest absolute Gasteiger partial charge is 0.326 e. The van der Waals surface area contributed by atoms with E-state index in [9.17, 15) is 12.8 Å². The molecule has 0 atom stereocenters. The first kappa shape index (κ1) is 18.3. The lowest BCUT2D eigenvalue weighted by Crippen LogP contribution is -2.05. The highest BCUT2D eigenvalue weighted by molar-refractivity contribution is 7.91. The predicted molar refractivity (Wildman–Crippen MR) is 109 cm³/mol. The molecular weight excluding hydrogens is 433 g/mol. The number of aromatic nitrogens is 4. The molecular formula is C18H12FN5O2S3. The van der Waals surface area contributed by atoms with Crippen molar-refractivity contribution in [3.8, 4) is 11.3 Å². The fourth-order valence-corrected chi connectivity index (χ4v) is 5.98. The Morgan fingerprint density at radius 1 is 1.07 bits per heavy atom. The van der Waals surface area contributed by atoms with Crippen molar-refractivity contribution in [1.82, 2.24) is 19.8 Å². The number of thiophene rings is 2. The maximum absolute atomic E-state index is 13.2.